The molecule has 8 nitrogen and oxygen atoms in total. The fourth-order valence-corrected chi connectivity index (χ4v) is 5.09. The van der Waals surface area contributed by atoms with Crippen molar-refractivity contribution in [1.29, 1.82) is 0 Å². The topological polar surface area (TPSA) is 105 Å². The summed E-state index contributed by atoms with van der Waals surface area (Å²) in [6.45, 7) is 0.243. The van der Waals surface area contributed by atoms with E-state index >= 15 is 0 Å². The zero-order chi connectivity index (χ0) is 24.1. The summed E-state index contributed by atoms with van der Waals surface area (Å²) >= 11 is 0. The first-order valence-electron chi connectivity index (χ1n) is 11.6. The summed E-state index contributed by atoms with van der Waals surface area (Å²) in [5.41, 5.74) is 4.58. The number of alkyl carbamates (subject to hydrolysis) is 1. The van der Waals surface area contributed by atoms with Gasteiger partial charge in [-0.15, -0.1) is 0 Å². The number of carbonyl (C=O) groups excluding carboxylic acids is 2. The number of amides is 2. The summed E-state index contributed by atoms with van der Waals surface area (Å²) in [6.07, 6.45) is 1.45. The molecule has 4 rings (SSSR count). The molecule has 0 radical (unpaired) electrons. The Balaban J connectivity index is 1.38. The van der Waals surface area contributed by atoms with E-state index in [1.807, 2.05) is 24.3 Å². The van der Waals surface area contributed by atoms with Crippen LogP contribution in [0.25, 0.3) is 11.1 Å². The molecule has 34 heavy (non-hydrogen) atoms. The van der Waals surface area contributed by atoms with E-state index in [1.54, 1.807) is 0 Å². The quantitative estimate of drug-likeness (QED) is 0.588. The van der Waals surface area contributed by atoms with E-state index in [0.29, 0.717) is 12.8 Å². The average Bonchev–Trinajstić information content (AvgIpc) is 3.42. The Bertz CT molecular complexity index is 1010. The van der Waals surface area contributed by atoms with E-state index < -0.39 is 24.5 Å². The number of nitrogens with zero attached hydrogens (tertiary/aromatic N) is 1. The smallest absolute Gasteiger partial charge is 0.407 e. The van der Waals surface area contributed by atoms with Crippen molar-refractivity contribution in [3.8, 4) is 11.1 Å². The van der Waals surface area contributed by atoms with E-state index in [4.69, 9.17) is 9.47 Å². The number of carboxylic acids is 1. The van der Waals surface area contributed by atoms with Crippen molar-refractivity contribution < 1.29 is 29.0 Å². The van der Waals surface area contributed by atoms with Crippen molar-refractivity contribution in [2.75, 3.05) is 33.4 Å². The van der Waals surface area contributed by atoms with Gasteiger partial charge in [0, 0.05) is 25.6 Å². The molecule has 0 unspecified atom stereocenters. The van der Waals surface area contributed by atoms with Gasteiger partial charge in [0.05, 0.1) is 12.5 Å². The fraction of sp³-hybridized carbons (Fsp3) is 0.423. The maximum absolute atomic E-state index is 13.0. The lowest BCUT2D eigenvalue weighted by Crippen LogP contribution is -2.48. The van der Waals surface area contributed by atoms with Crippen LogP contribution in [0.5, 0.6) is 0 Å². The second-order valence-corrected chi connectivity index (χ2v) is 8.76. The van der Waals surface area contributed by atoms with Gasteiger partial charge in [-0.1, -0.05) is 55.0 Å². The second-order valence-electron chi connectivity index (χ2n) is 8.76. The lowest BCUT2D eigenvalue weighted by atomic mass is 9.98. The number of methoxy groups -OCH3 is 1. The highest BCUT2D eigenvalue weighted by atomic mass is 16.5. The predicted octanol–water partition coefficient (Wildman–Crippen LogP) is 3.25. The number of hydrogen-bond donors (Lipinski definition) is 2. The maximum atomic E-state index is 13.0. The highest BCUT2D eigenvalue weighted by Gasteiger charge is 2.37. The number of nitrogens with one attached hydrogen (secondary N) is 1. The minimum absolute atomic E-state index is 0.0424. The van der Waals surface area contributed by atoms with Crippen LogP contribution in [0, 0.1) is 5.92 Å². The number of aliphatic carboxylic acids is 1. The Kier molecular flexibility index (Phi) is 7.47. The Hall–Kier alpha value is -3.39. The molecule has 8 heteroatoms. The average molecular weight is 467 g/mol. The number of fused-ring (bicyclic) bond motifs is 3. The van der Waals surface area contributed by atoms with Crippen LogP contribution in [0.15, 0.2) is 48.5 Å². The minimum Gasteiger partial charge on any atom is -0.480 e. The second kappa shape index (κ2) is 10.7. The summed E-state index contributed by atoms with van der Waals surface area (Å²) in [4.78, 5) is 38.2. The molecule has 0 bridgehead atoms. The van der Waals surface area contributed by atoms with Crippen molar-refractivity contribution >= 4 is 18.0 Å². The molecule has 2 aliphatic carbocycles. The fourth-order valence-electron chi connectivity index (χ4n) is 5.09. The van der Waals surface area contributed by atoms with Gasteiger partial charge in [0.1, 0.15) is 13.2 Å². The molecule has 2 aromatic rings. The van der Waals surface area contributed by atoms with Gasteiger partial charge >= 0.3 is 12.1 Å². The highest BCUT2D eigenvalue weighted by molar-refractivity contribution is 5.84. The Labute approximate surface area is 198 Å². The monoisotopic (exact) mass is 466 g/mol. The highest BCUT2D eigenvalue weighted by Crippen LogP contribution is 2.44. The van der Waals surface area contributed by atoms with Crippen LogP contribution in [0.4, 0.5) is 4.79 Å². The molecule has 2 aromatic carbocycles. The zero-order valence-electron chi connectivity index (χ0n) is 19.2. The van der Waals surface area contributed by atoms with Crippen LogP contribution in [-0.2, 0) is 19.1 Å². The zero-order valence-corrected chi connectivity index (χ0v) is 19.2. The minimum atomic E-state index is -1.08. The van der Waals surface area contributed by atoms with Gasteiger partial charge in [-0.2, -0.15) is 0 Å². The molecule has 0 saturated heterocycles. The molecule has 2 aliphatic rings. The number of hydrogen-bond acceptors (Lipinski definition) is 5. The first-order chi connectivity index (χ1) is 16.5. The van der Waals surface area contributed by atoms with Crippen LogP contribution in [0.3, 0.4) is 0 Å². The normalized spacial score (nSPS) is 18.7. The summed E-state index contributed by atoms with van der Waals surface area (Å²) in [5, 5.41) is 12.0. The SMILES string of the molecule is COCCN(CC(=O)O)C(=O)[C@H]1CCC[C@H]1NC(=O)OCC1c2ccccc2-c2ccccc21. The molecule has 0 aliphatic heterocycles. The van der Waals surface area contributed by atoms with Crippen molar-refractivity contribution in [2.45, 2.75) is 31.2 Å². The lowest BCUT2D eigenvalue weighted by Gasteiger charge is -2.27. The summed E-state index contributed by atoms with van der Waals surface area (Å²) in [6, 6.07) is 15.9. The van der Waals surface area contributed by atoms with Crippen molar-refractivity contribution in [3.05, 3.63) is 59.7 Å². The van der Waals surface area contributed by atoms with Crippen molar-refractivity contribution in [3.63, 3.8) is 0 Å². The molecule has 180 valence electrons. The standard InChI is InChI=1S/C26H30N2O6/c1-33-14-13-28(15-24(29)30)25(31)21-11-6-12-23(21)27-26(32)34-16-22-19-9-4-2-7-17(19)18-8-3-5-10-20(18)22/h2-5,7-10,21-23H,6,11-16H2,1H3,(H,27,32)(H,29,30)/t21-,23+/m0/s1. The molecule has 0 spiro atoms. The van der Waals surface area contributed by atoms with Gasteiger partial charge in [0.2, 0.25) is 5.91 Å². The van der Waals surface area contributed by atoms with Gasteiger partial charge in [0.25, 0.3) is 0 Å². The van der Waals surface area contributed by atoms with Crippen molar-refractivity contribution in [1.82, 2.24) is 10.2 Å². The Morgan fingerprint density at radius 3 is 2.29 bits per heavy atom. The van der Waals surface area contributed by atoms with Crippen LogP contribution >= 0.6 is 0 Å². The van der Waals surface area contributed by atoms with E-state index in [2.05, 4.69) is 29.6 Å². The molecule has 2 amide bonds. The van der Waals surface area contributed by atoms with E-state index in [-0.39, 0.29) is 37.6 Å². The summed E-state index contributed by atoms with van der Waals surface area (Å²) < 4.78 is 10.6. The molecular weight excluding hydrogens is 436 g/mol. The summed E-state index contributed by atoms with van der Waals surface area (Å²) in [7, 11) is 1.50. The third kappa shape index (κ3) is 5.07. The van der Waals surface area contributed by atoms with Crippen LogP contribution in [0.2, 0.25) is 0 Å². The lowest BCUT2D eigenvalue weighted by molar-refractivity contribution is -0.147. The third-order valence-electron chi connectivity index (χ3n) is 6.68. The van der Waals surface area contributed by atoms with Gasteiger partial charge < -0.3 is 24.8 Å². The first-order valence-corrected chi connectivity index (χ1v) is 11.6. The number of ether oxygens (including phenoxy) is 2. The largest absolute Gasteiger partial charge is 0.480 e. The first kappa shape index (κ1) is 23.8. The van der Waals surface area contributed by atoms with E-state index in [9.17, 15) is 19.5 Å². The van der Waals surface area contributed by atoms with Crippen LogP contribution in [0.1, 0.15) is 36.3 Å². The molecule has 2 atom stereocenters. The molecule has 0 heterocycles. The summed E-state index contributed by atoms with van der Waals surface area (Å²) in [5.74, 6) is -1.87. The Morgan fingerprint density at radius 2 is 1.68 bits per heavy atom. The van der Waals surface area contributed by atoms with Crippen LogP contribution in [-0.4, -0.2) is 67.4 Å². The molecule has 1 saturated carbocycles. The molecular formula is C26H30N2O6. The van der Waals surface area contributed by atoms with E-state index in [0.717, 1.165) is 28.7 Å². The number of benzene rings is 2. The number of carboxylic acid groups (broad SMARTS) is 1. The number of rotatable bonds is 9. The van der Waals surface area contributed by atoms with Gasteiger partial charge in [-0.3, -0.25) is 9.59 Å². The van der Waals surface area contributed by atoms with Gasteiger partial charge in [0.15, 0.2) is 0 Å². The third-order valence-corrected chi connectivity index (χ3v) is 6.68. The molecule has 0 aromatic heterocycles. The Morgan fingerprint density at radius 1 is 1.03 bits per heavy atom. The van der Waals surface area contributed by atoms with Gasteiger partial charge in [-0.05, 0) is 35.1 Å². The van der Waals surface area contributed by atoms with Crippen LogP contribution < -0.4 is 5.32 Å². The van der Waals surface area contributed by atoms with Gasteiger partial charge in [-0.25, -0.2) is 4.79 Å². The molecule has 1 fully saturated rings. The predicted molar refractivity (Wildman–Crippen MR) is 125 cm³/mol. The van der Waals surface area contributed by atoms with E-state index in [1.165, 1.54) is 12.0 Å². The van der Waals surface area contributed by atoms with Crippen molar-refractivity contribution in [2.24, 2.45) is 5.92 Å². The number of carbonyl (C=O) groups is 3. The molecule has 2 N–H and O–H groups in total. The maximum Gasteiger partial charge on any atom is 0.407 e.